The summed E-state index contributed by atoms with van der Waals surface area (Å²) in [5.41, 5.74) is 0. The van der Waals surface area contributed by atoms with E-state index in [0.717, 1.165) is 17.7 Å². The Balaban J connectivity index is 2.27. The summed E-state index contributed by atoms with van der Waals surface area (Å²) in [6.45, 7) is 2.18. The number of aromatic nitrogens is 1. The van der Waals surface area contributed by atoms with Gasteiger partial charge in [-0.25, -0.2) is 4.98 Å². The molecule has 2 heterocycles. The van der Waals surface area contributed by atoms with Crippen LogP contribution >= 0.6 is 39.1 Å². The largest absolute Gasteiger partial charge is 0.377 e. The predicted molar refractivity (Wildman–Crippen MR) is 70.0 cm³/mol. The van der Waals surface area contributed by atoms with Gasteiger partial charge in [0.15, 0.2) is 0 Å². The zero-order valence-electron chi connectivity index (χ0n) is 8.50. The summed E-state index contributed by atoms with van der Waals surface area (Å²) in [5, 5.41) is 1.96. The predicted octanol–water partition coefficient (Wildman–Crippen LogP) is 2.99. The number of nitrogens with zero attached hydrogens (tertiary/aromatic N) is 2. The normalized spacial score (nSPS) is 21.2. The van der Waals surface area contributed by atoms with E-state index in [9.17, 15) is 0 Å². The minimum Gasteiger partial charge on any atom is -0.377 e. The van der Waals surface area contributed by atoms with Crippen molar-refractivity contribution in [3.63, 3.8) is 0 Å². The molecule has 0 bridgehead atoms. The summed E-state index contributed by atoms with van der Waals surface area (Å²) in [6.07, 6.45) is 1.61. The van der Waals surface area contributed by atoms with Gasteiger partial charge in [0.25, 0.3) is 0 Å². The summed E-state index contributed by atoms with van der Waals surface area (Å²) in [6, 6.07) is 1.98. The number of halogens is 3. The number of anilines is 1. The first-order valence-electron chi connectivity index (χ1n) is 4.93. The van der Waals surface area contributed by atoms with Crippen LogP contribution in [0.1, 0.15) is 0 Å². The number of ether oxygens (including phenoxy) is 1. The van der Waals surface area contributed by atoms with E-state index in [-0.39, 0.29) is 6.04 Å². The van der Waals surface area contributed by atoms with Gasteiger partial charge in [0, 0.05) is 18.1 Å². The van der Waals surface area contributed by atoms with Gasteiger partial charge >= 0.3 is 0 Å². The number of hydrogen-bond donors (Lipinski definition) is 0. The minimum absolute atomic E-state index is 0.264. The Bertz CT molecular complexity index is 378. The van der Waals surface area contributed by atoms with Crippen molar-refractivity contribution in [1.82, 2.24) is 4.98 Å². The molecule has 1 saturated heterocycles. The summed E-state index contributed by atoms with van der Waals surface area (Å²) in [7, 11) is 0. The molecular weight excluding hydrogens is 315 g/mol. The smallest absolute Gasteiger partial charge is 0.147 e. The molecule has 0 aromatic carbocycles. The van der Waals surface area contributed by atoms with Crippen LogP contribution in [0, 0.1) is 0 Å². The van der Waals surface area contributed by atoms with Gasteiger partial charge in [-0.3, -0.25) is 0 Å². The monoisotopic (exact) mass is 324 g/mol. The lowest BCUT2D eigenvalue weighted by Gasteiger charge is -2.35. The topological polar surface area (TPSA) is 25.4 Å². The second-order valence-corrected chi connectivity index (χ2v) is 5.03. The quantitative estimate of drug-likeness (QED) is 0.782. The van der Waals surface area contributed by atoms with Crippen molar-refractivity contribution >= 4 is 44.9 Å². The molecule has 16 heavy (non-hydrogen) atoms. The van der Waals surface area contributed by atoms with Gasteiger partial charge < -0.3 is 9.64 Å². The fourth-order valence-corrected chi connectivity index (χ4v) is 2.71. The number of pyridine rings is 1. The molecule has 0 spiro atoms. The van der Waals surface area contributed by atoms with E-state index in [1.807, 2.05) is 0 Å². The van der Waals surface area contributed by atoms with Crippen LogP contribution in [0.4, 0.5) is 5.82 Å². The van der Waals surface area contributed by atoms with Crippen molar-refractivity contribution in [1.29, 1.82) is 0 Å². The molecule has 1 atom stereocenters. The first-order chi connectivity index (χ1) is 7.72. The van der Waals surface area contributed by atoms with Crippen molar-refractivity contribution in [3.05, 3.63) is 22.3 Å². The van der Waals surface area contributed by atoms with Gasteiger partial charge in [0.05, 0.1) is 29.3 Å². The van der Waals surface area contributed by atoms with E-state index in [1.165, 1.54) is 0 Å². The molecule has 0 N–H and O–H groups in total. The van der Waals surface area contributed by atoms with Gasteiger partial charge in [0.2, 0.25) is 0 Å². The lowest BCUT2D eigenvalue weighted by Crippen LogP contribution is -2.47. The molecule has 6 heteroatoms. The second kappa shape index (κ2) is 5.54. The van der Waals surface area contributed by atoms with E-state index in [0.29, 0.717) is 23.3 Å². The van der Waals surface area contributed by atoms with Gasteiger partial charge in [-0.1, -0.05) is 39.1 Å². The molecular formula is C10H11BrCl2N2O. The van der Waals surface area contributed by atoms with Crippen LogP contribution in [0.25, 0.3) is 0 Å². The van der Waals surface area contributed by atoms with Crippen molar-refractivity contribution in [2.75, 3.05) is 30.0 Å². The number of morpholine rings is 1. The highest BCUT2D eigenvalue weighted by atomic mass is 79.9. The van der Waals surface area contributed by atoms with Gasteiger partial charge in [0.1, 0.15) is 5.82 Å². The molecule has 2 rings (SSSR count). The molecule has 1 unspecified atom stereocenters. The van der Waals surface area contributed by atoms with Crippen molar-refractivity contribution < 1.29 is 4.74 Å². The molecule has 3 nitrogen and oxygen atoms in total. The maximum atomic E-state index is 6.14. The van der Waals surface area contributed by atoms with Crippen LogP contribution in [-0.4, -0.2) is 36.1 Å². The SMILES string of the molecule is Clc1cnc(N2CCOCC2CBr)c(Cl)c1. The lowest BCUT2D eigenvalue weighted by molar-refractivity contribution is 0.100. The number of rotatable bonds is 2. The third-order valence-electron chi connectivity index (χ3n) is 2.47. The van der Waals surface area contributed by atoms with Crippen LogP contribution in [0.15, 0.2) is 12.3 Å². The van der Waals surface area contributed by atoms with Gasteiger partial charge in [-0.15, -0.1) is 0 Å². The van der Waals surface area contributed by atoms with Crippen LogP contribution in [-0.2, 0) is 4.74 Å². The van der Waals surface area contributed by atoms with Crippen LogP contribution in [0.3, 0.4) is 0 Å². The molecule has 1 aliphatic heterocycles. The highest BCUT2D eigenvalue weighted by Gasteiger charge is 2.24. The Labute approximate surface area is 113 Å². The molecule has 0 radical (unpaired) electrons. The number of alkyl halides is 1. The lowest BCUT2D eigenvalue weighted by atomic mass is 10.2. The van der Waals surface area contributed by atoms with Crippen LogP contribution in [0.2, 0.25) is 10.0 Å². The van der Waals surface area contributed by atoms with E-state index in [1.54, 1.807) is 12.3 Å². The summed E-state index contributed by atoms with van der Waals surface area (Å²) < 4.78 is 5.42. The molecule has 1 aromatic heterocycles. The number of hydrogen-bond acceptors (Lipinski definition) is 3. The Morgan fingerprint density at radius 1 is 1.56 bits per heavy atom. The van der Waals surface area contributed by atoms with Crippen molar-refractivity contribution in [3.8, 4) is 0 Å². The highest BCUT2D eigenvalue weighted by molar-refractivity contribution is 9.09. The van der Waals surface area contributed by atoms with E-state index in [2.05, 4.69) is 25.8 Å². The fraction of sp³-hybridized carbons (Fsp3) is 0.500. The standard InChI is InChI=1S/C10H11BrCl2N2O/c11-4-8-6-16-2-1-15(8)10-9(13)3-7(12)5-14-10/h3,5,8H,1-2,4,6H2. The zero-order chi connectivity index (χ0) is 11.5. The van der Waals surface area contributed by atoms with Crippen molar-refractivity contribution in [2.45, 2.75) is 6.04 Å². The maximum absolute atomic E-state index is 6.14. The average molecular weight is 326 g/mol. The molecule has 88 valence electrons. The Kier molecular flexibility index (Phi) is 4.30. The molecule has 1 fully saturated rings. The highest BCUT2D eigenvalue weighted by Crippen LogP contribution is 2.28. The second-order valence-electron chi connectivity index (χ2n) is 3.54. The first-order valence-corrected chi connectivity index (χ1v) is 6.81. The third kappa shape index (κ3) is 2.62. The van der Waals surface area contributed by atoms with Crippen LogP contribution < -0.4 is 4.90 Å². The first kappa shape index (κ1) is 12.4. The maximum Gasteiger partial charge on any atom is 0.147 e. The molecule has 0 amide bonds. The van der Waals surface area contributed by atoms with Gasteiger partial charge in [-0.2, -0.15) is 0 Å². The van der Waals surface area contributed by atoms with E-state index >= 15 is 0 Å². The van der Waals surface area contributed by atoms with E-state index < -0.39 is 0 Å². The average Bonchev–Trinajstić information content (AvgIpc) is 2.29. The summed E-state index contributed by atoms with van der Waals surface area (Å²) in [5.74, 6) is 0.777. The molecule has 0 saturated carbocycles. The third-order valence-corrected chi connectivity index (χ3v) is 3.70. The van der Waals surface area contributed by atoms with Crippen LogP contribution in [0.5, 0.6) is 0 Å². The van der Waals surface area contributed by atoms with Gasteiger partial charge in [-0.05, 0) is 6.07 Å². The molecule has 1 aromatic rings. The molecule has 1 aliphatic rings. The Morgan fingerprint density at radius 3 is 3.06 bits per heavy atom. The van der Waals surface area contributed by atoms with E-state index in [4.69, 9.17) is 27.9 Å². The van der Waals surface area contributed by atoms with Crippen molar-refractivity contribution in [2.24, 2.45) is 0 Å². The zero-order valence-corrected chi connectivity index (χ0v) is 11.6. The summed E-state index contributed by atoms with van der Waals surface area (Å²) in [4.78, 5) is 6.44. The Hall–Kier alpha value is -0.0300. The minimum atomic E-state index is 0.264. The molecule has 0 aliphatic carbocycles. The fourth-order valence-electron chi connectivity index (χ4n) is 1.68. The Morgan fingerprint density at radius 2 is 2.38 bits per heavy atom. The summed E-state index contributed by atoms with van der Waals surface area (Å²) >= 11 is 15.4.